The maximum atomic E-state index is 4.62. The van der Waals surface area contributed by atoms with Crippen molar-refractivity contribution in [3.05, 3.63) is 28.5 Å². The Kier molecular flexibility index (Phi) is 2.92. The third-order valence-electron chi connectivity index (χ3n) is 3.47. The van der Waals surface area contributed by atoms with Crippen LogP contribution in [0.4, 0.5) is 0 Å². The second-order valence-corrected chi connectivity index (χ2v) is 5.52. The number of rotatable bonds is 2. The first kappa shape index (κ1) is 11.2. The van der Waals surface area contributed by atoms with Crippen molar-refractivity contribution >= 4 is 27.0 Å². The SMILES string of the molecule is Cc1nc2cccc(Br)c2n1CC1CCCN1. The zero-order valence-electron chi connectivity index (χ0n) is 9.91. The van der Waals surface area contributed by atoms with Crippen LogP contribution in [0.2, 0.25) is 0 Å². The molecule has 0 radical (unpaired) electrons. The summed E-state index contributed by atoms with van der Waals surface area (Å²) in [4.78, 5) is 4.62. The summed E-state index contributed by atoms with van der Waals surface area (Å²) in [5, 5.41) is 3.54. The maximum absolute atomic E-state index is 4.62. The van der Waals surface area contributed by atoms with Crippen molar-refractivity contribution in [1.29, 1.82) is 0 Å². The highest BCUT2D eigenvalue weighted by molar-refractivity contribution is 9.10. The second kappa shape index (κ2) is 4.42. The molecule has 0 amide bonds. The van der Waals surface area contributed by atoms with Gasteiger partial charge in [0, 0.05) is 17.1 Å². The predicted octanol–water partition coefficient (Wildman–Crippen LogP) is 2.86. The van der Waals surface area contributed by atoms with Gasteiger partial charge in [-0.05, 0) is 54.4 Å². The van der Waals surface area contributed by atoms with Gasteiger partial charge in [0.1, 0.15) is 5.82 Å². The Morgan fingerprint density at radius 2 is 2.41 bits per heavy atom. The van der Waals surface area contributed by atoms with Crippen LogP contribution in [0.15, 0.2) is 22.7 Å². The van der Waals surface area contributed by atoms with E-state index in [-0.39, 0.29) is 0 Å². The first-order chi connectivity index (χ1) is 8.25. The molecule has 1 atom stereocenters. The summed E-state index contributed by atoms with van der Waals surface area (Å²) in [7, 11) is 0. The van der Waals surface area contributed by atoms with E-state index < -0.39 is 0 Å². The highest BCUT2D eigenvalue weighted by Gasteiger charge is 2.18. The molecule has 1 saturated heterocycles. The lowest BCUT2D eigenvalue weighted by Gasteiger charge is -2.14. The Labute approximate surface area is 109 Å². The summed E-state index contributed by atoms with van der Waals surface area (Å²) >= 11 is 3.63. The van der Waals surface area contributed by atoms with E-state index in [1.165, 1.54) is 18.4 Å². The first-order valence-electron chi connectivity index (χ1n) is 6.10. The highest BCUT2D eigenvalue weighted by Crippen LogP contribution is 2.25. The van der Waals surface area contributed by atoms with E-state index in [1.807, 2.05) is 6.07 Å². The molecule has 4 heteroatoms. The van der Waals surface area contributed by atoms with Gasteiger partial charge in [-0.2, -0.15) is 0 Å². The van der Waals surface area contributed by atoms with Crippen molar-refractivity contribution < 1.29 is 0 Å². The molecule has 3 nitrogen and oxygen atoms in total. The predicted molar refractivity (Wildman–Crippen MR) is 73.2 cm³/mol. The molecule has 0 spiro atoms. The number of aromatic nitrogens is 2. The number of hydrogen-bond donors (Lipinski definition) is 1. The molecular formula is C13H16BrN3. The van der Waals surface area contributed by atoms with Crippen molar-refractivity contribution in [3.8, 4) is 0 Å². The molecule has 1 aromatic heterocycles. The van der Waals surface area contributed by atoms with Gasteiger partial charge in [0.2, 0.25) is 0 Å². The maximum Gasteiger partial charge on any atom is 0.106 e. The van der Waals surface area contributed by atoms with Crippen LogP contribution >= 0.6 is 15.9 Å². The zero-order chi connectivity index (χ0) is 11.8. The molecule has 1 aliphatic rings. The van der Waals surface area contributed by atoms with Gasteiger partial charge in [-0.1, -0.05) is 6.07 Å². The molecular weight excluding hydrogens is 278 g/mol. The fraction of sp³-hybridized carbons (Fsp3) is 0.462. The lowest BCUT2D eigenvalue weighted by molar-refractivity contribution is 0.510. The van der Waals surface area contributed by atoms with Gasteiger partial charge in [0.25, 0.3) is 0 Å². The third kappa shape index (κ3) is 2.00. The van der Waals surface area contributed by atoms with Crippen molar-refractivity contribution in [3.63, 3.8) is 0 Å². The standard InChI is InChI=1S/C13H16BrN3/c1-9-16-12-6-2-5-11(14)13(12)17(9)8-10-4-3-7-15-10/h2,5-6,10,15H,3-4,7-8H2,1H3. The molecule has 0 saturated carbocycles. The molecule has 0 aliphatic carbocycles. The highest BCUT2D eigenvalue weighted by atomic mass is 79.9. The molecule has 2 aromatic rings. The molecule has 0 bridgehead atoms. The lowest BCUT2D eigenvalue weighted by atomic mass is 10.2. The fourth-order valence-electron chi connectivity index (χ4n) is 2.61. The molecule has 1 unspecified atom stereocenters. The third-order valence-corrected chi connectivity index (χ3v) is 4.11. The number of fused-ring (bicyclic) bond motifs is 1. The zero-order valence-corrected chi connectivity index (χ0v) is 11.5. The molecule has 3 rings (SSSR count). The summed E-state index contributed by atoms with van der Waals surface area (Å²) in [5.74, 6) is 1.10. The van der Waals surface area contributed by atoms with Gasteiger partial charge >= 0.3 is 0 Å². The largest absolute Gasteiger partial charge is 0.326 e. The molecule has 90 valence electrons. The van der Waals surface area contributed by atoms with Gasteiger partial charge < -0.3 is 9.88 Å². The number of imidazole rings is 1. The fourth-order valence-corrected chi connectivity index (χ4v) is 3.18. The van der Waals surface area contributed by atoms with Crippen LogP contribution in [-0.4, -0.2) is 22.1 Å². The topological polar surface area (TPSA) is 29.9 Å². The van der Waals surface area contributed by atoms with Crippen molar-refractivity contribution in [2.45, 2.75) is 32.4 Å². The van der Waals surface area contributed by atoms with Crippen molar-refractivity contribution in [1.82, 2.24) is 14.9 Å². The van der Waals surface area contributed by atoms with Crippen LogP contribution in [0.25, 0.3) is 11.0 Å². The van der Waals surface area contributed by atoms with Gasteiger partial charge in [0.15, 0.2) is 0 Å². The van der Waals surface area contributed by atoms with Gasteiger partial charge in [0.05, 0.1) is 11.0 Å². The number of para-hydroxylation sites is 1. The number of nitrogens with one attached hydrogen (secondary N) is 1. The van der Waals surface area contributed by atoms with E-state index in [4.69, 9.17) is 0 Å². The van der Waals surface area contributed by atoms with Crippen LogP contribution in [0.1, 0.15) is 18.7 Å². The van der Waals surface area contributed by atoms with Gasteiger partial charge in [-0.25, -0.2) is 4.98 Å². The Bertz CT molecular complexity index is 541. The van der Waals surface area contributed by atoms with E-state index in [0.29, 0.717) is 6.04 Å². The van der Waals surface area contributed by atoms with E-state index in [1.54, 1.807) is 0 Å². The average Bonchev–Trinajstić information content (AvgIpc) is 2.89. The molecule has 1 aromatic carbocycles. The quantitative estimate of drug-likeness (QED) is 0.923. The van der Waals surface area contributed by atoms with Crippen LogP contribution in [0, 0.1) is 6.92 Å². The number of benzene rings is 1. The van der Waals surface area contributed by atoms with E-state index in [0.717, 1.165) is 28.9 Å². The minimum Gasteiger partial charge on any atom is -0.326 e. The average molecular weight is 294 g/mol. The van der Waals surface area contributed by atoms with E-state index >= 15 is 0 Å². The Morgan fingerprint density at radius 3 is 3.18 bits per heavy atom. The van der Waals surface area contributed by atoms with Gasteiger partial charge in [-0.15, -0.1) is 0 Å². The van der Waals surface area contributed by atoms with Crippen LogP contribution < -0.4 is 5.32 Å². The van der Waals surface area contributed by atoms with Gasteiger partial charge in [-0.3, -0.25) is 0 Å². The molecule has 2 heterocycles. The normalized spacial score (nSPS) is 20.2. The van der Waals surface area contributed by atoms with Crippen molar-refractivity contribution in [2.24, 2.45) is 0 Å². The first-order valence-corrected chi connectivity index (χ1v) is 6.90. The Hall–Kier alpha value is -0.870. The second-order valence-electron chi connectivity index (χ2n) is 4.67. The number of hydrogen-bond acceptors (Lipinski definition) is 2. The molecule has 1 N–H and O–H groups in total. The van der Waals surface area contributed by atoms with Crippen LogP contribution in [0.5, 0.6) is 0 Å². The molecule has 1 fully saturated rings. The molecule has 1 aliphatic heterocycles. The summed E-state index contributed by atoms with van der Waals surface area (Å²) in [5.41, 5.74) is 2.30. The monoisotopic (exact) mass is 293 g/mol. The summed E-state index contributed by atoms with van der Waals surface area (Å²) in [6.45, 7) is 4.25. The number of nitrogens with zero attached hydrogens (tertiary/aromatic N) is 2. The number of aryl methyl sites for hydroxylation is 1. The minimum absolute atomic E-state index is 0.596. The lowest BCUT2D eigenvalue weighted by Crippen LogP contribution is -2.27. The summed E-state index contributed by atoms with van der Waals surface area (Å²) in [6.07, 6.45) is 2.56. The molecule has 17 heavy (non-hydrogen) atoms. The Morgan fingerprint density at radius 1 is 1.53 bits per heavy atom. The summed E-state index contributed by atoms with van der Waals surface area (Å²) in [6, 6.07) is 6.79. The van der Waals surface area contributed by atoms with E-state index in [9.17, 15) is 0 Å². The smallest absolute Gasteiger partial charge is 0.106 e. The van der Waals surface area contributed by atoms with Crippen LogP contribution in [-0.2, 0) is 6.54 Å². The van der Waals surface area contributed by atoms with Crippen molar-refractivity contribution in [2.75, 3.05) is 6.54 Å². The van der Waals surface area contributed by atoms with Crippen LogP contribution in [0.3, 0.4) is 0 Å². The number of halogens is 1. The Balaban J connectivity index is 2.04. The minimum atomic E-state index is 0.596. The van der Waals surface area contributed by atoms with E-state index in [2.05, 4.69) is 49.9 Å². The summed E-state index contributed by atoms with van der Waals surface area (Å²) < 4.78 is 3.45.